The maximum absolute atomic E-state index is 13.9. The van der Waals surface area contributed by atoms with E-state index in [1.807, 2.05) is 35.2 Å². The van der Waals surface area contributed by atoms with E-state index in [0.717, 1.165) is 48.4 Å². The van der Waals surface area contributed by atoms with E-state index in [4.69, 9.17) is 16.3 Å². The second-order valence-electron chi connectivity index (χ2n) is 11.0. The average molecular weight is 542 g/mol. The molecule has 7 heteroatoms. The Morgan fingerprint density at radius 2 is 1.71 bits per heavy atom. The summed E-state index contributed by atoms with van der Waals surface area (Å²) in [6.45, 7) is 2.21. The van der Waals surface area contributed by atoms with Crippen LogP contribution >= 0.6 is 11.6 Å². The van der Waals surface area contributed by atoms with Crippen LogP contribution in [0.3, 0.4) is 0 Å². The number of nitrogens with zero attached hydrogens (tertiary/aromatic N) is 3. The molecule has 2 amide bonds. The molecule has 0 saturated heterocycles. The summed E-state index contributed by atoms with van der Waals surface area (Å²) in [7, 11) is 1.64. The highest BCUT2D eigenvalue weighted by molar-refractivity contribution is 6.31. The number of hydrogen-bond acceptors (Lipinski definition) is 3. The molecule has 0 aliphatic heterocycles. The first-order valence-electron chi connectivity index (χ1n) is 14.5. The van der Waals surface area contributed by atoms with Gasteiger partial charge in [0, 0.05) is 49.6 Å². The van der Waals surface area contributed by atoms with Crippen molar-refractivity contribution >= 4 is 23.4 Å². The molecular weight excluding hydrogens is 498 g/mol. The van der Waals surface area contributed by atoms with Gasteiger partial charge in [-0.05, 0) is 48.9 Å². The Kier molecular flexibility index (Phi) is 11.1. The SMILES string of the molecule is COCCN(CC(=O)N(Cc1cccn1Cc1ccccc1Cl)C1CCCCC1)C(=O)CCC1CCCC1. The molecule has 4 rings (SSSR count). The number of amides is 2. The third-order valence-electron chi connectivity index (χ3n) is 8.38. The van der Waals surface area contributed by atoms with Gasteiger partial charge in [0.15, 0.2) is 0 Å². The monoisotopic (exact) mass is 541 g/mol. The van der Waals surface area contributed by atoms with E-state index in [0.29, 0.717) is 38.6 Å². The second kappa shape index (κ2) is 14.7. The van der Waals surface area contributed by atoms with Crippen molar-refractivity contribution in [2.45, 2.75) is 89.8 Å². The van der Waals surface area contributed by atoms with Gasteiger partial charge in [0.25, 0.3) is 0 Å². The standard InChI is InChI=1S/C31H44ClN3O3/c1-38-21-20-34(30(36)18-17-25-10-5-6-11-25)24-31(37)35(27-13-3-2-4-14-27)23-28-15-9-19-33(28)22-26-12-7-8-16-29(26)32/h7-9,12,15-16,19,25,27H,2-6,10-11,13-14,17-18,20-24H2,1H3. The van der Waals surface area contributed by atoms with Gasteiger partial charge in [-0.25, -0.2) is 0 Å². The summed E-state index contributed by atoms with van der Waals surface area (Å²) in [5.74, 6) is 0.768. The molecule has 0 bridgehead atoms. The lowest BCUT2D eigenvalue weighted by atomic mass is 9.94. The van der Waals surface area contributed by atoms with Crippen LogP contribution in [0.2, 0.25) is 5.02 Å². The van der Waals surface area contributed by atoms with E-state index in [-0.39, 0.29) is 24.4 Å². The van der Waals surface area contributed by atoms with Crippen LogP contribution in [-0.2, 0) is 27.4 Å². The summed E-state index contributed by atoms with van der Waals surface area (Å²) in [6.07, 6.45) is 14.1. The molecule has 2 saturated carbocycles. The van der Waals surface area contributed by atoms with Crippen molar-refractivity contribution in [3.05, 3.63) is 58.9 Å². The van der Waals surface area contributed by atoms with E-state index >= 15 is 0 Å². The summed E-state index contributed by atoms with van der Waals surface area (Å²) >= 11 is 6.44. The lowest BCUT2D eigenvalue weighted by molar-refractivity contribution is -0.143. The van der Waals surface area contributed by atoms with Gasteiger partial charge in [-0.3, -0.25) is 9.59 Å². The molecule has 2 aromatic rings. The summed E-state index contributed by atoms with van der Waals surface area (Å²) in [5, 5.41) is 0.747. The van der Waals surface area contributed by atoms with E-state index in [2.05, 4.69) is 16.8 Å². The first-order chi connectivity index (χ1) is 18.5. The third-order valence-corrected chi connectivity index (χ3v) is 8.74. The van der Waals surface area contributed by atoms with Gasteiger partial charge < -0.3 is 19.1 Å². The predicted octanol–water partition coefficient (Wildman–Crippen LogP) is 6.30. The Balaban J connectivity index is 1.47. The van der Waals surface area contributed by atoms with Gasteiger partial charge in [0.1, 0.15) is 0 Å². The molecule has 0 spiro atoms. The molecule has 2 fully saturated rings. The molecule has 208 valence electrons. The number of carbonyl (C=O) groups is 2. The highest BCUT2D eigenvalue weighted by atomic mass is 35.5. The van der Waals surface area contributed by atoms with E-state index < -0.39 is 0 Å². The second-order valence-corrected chi connectivity index (χ2v) is 11.4. The third kappa shape index (κ3) is 8.09. The Morgan fingerprint density at radius 1 is 0.974 bits per heavy atom. The normalized spacial score (nSPS) is 16.6. The van der Waals surface area contributed by atoms with Gasteiger partial charge >= 0.3 is 0 Å². The molecule has 2 aliphatic rings. The zero-order chi connectivity index (χ0) is 26.7. The van der Waals surface area contributed by atoms with Crippen LogP contribution in [0, 0.1) is 5.92 Å². The van der Waals surface area contributed by atoms with Crippen molar-refractivity contribution in [1.82, 2.24) is 14.4 Å². The van der Waals surface area contributed by atoms with Crippen molar-refractivity contribution in [1.29, 1.82) is 0 Å². The van der Waals surface area contributed by atoms with Crippen molar-refractivity contribution in [2.24, 2.45) is 5.92 Å². The molecule has 0 N–H and O–H groups in total. The summed E-state index contributed by atoms with van der Waals surface area (Å²) < 4.78 is 7.47. The van der Waals surface area contributed by atoms with Crippen LogP contribution in [0.1, 0.15) is 81.9 Å². The van der Waals surface area contributed by atoms with Gasteiger partial charge in [-0.2, -0.15) is 0 Å². The van der Waals surface area contributed by atoms with Crippen molar-refractivity contribution < 1.29 is 14.3 Å². The van der Waals surface area contributed by atoms with Crippen LogP contribution < -0.4 is 0 Å². The minimum absolute atomic E-state index is 0.0349. The Bertz CT molecular complexity index is 1030. The first-order valence-corrected chi connectivity index (χ1v) is 14.9. The quantitative estimate of drug-likeness (QED) is 0.299. The lowest BCUT2D eigenvalue weighted by Gasteiger charge is -2.36. The van der Waals surface area contributed by atoms with E-state index in [1.54, 1.807) is 12.0 Å². The lowest BCUT2D eigenvalue weighted by Crippen LogP contribution is -2.48. The number of rotatable bonds is 13. The van der Waals surface area contributed by atoms with E-state index in [1.165, 1.54) is 32.1 Å². The number of hydrogen-bond donors (Lipinski definition) is 0. The molecule has 0 radical (unpaired) electrons. The highest BCUT2D eigenvalue weighted by Gasteiger charge is 2.29. The number of halogens is 1. The largest absolute Gasteiger partial charge is 0.383 e. The van der Waals surface area contributed by atoms with Crippen molar-refractivity contribution in [3.8, 4) is 0 Å². The summed E-state index contributed by atoms with van der Waals surface area (Å²) in [5.41, 5.74) is 2.14. The zero-order valence-electron chi connectivity index (χ0n) is 23.0. The fourth-order valence-electron chi connectivity index (χ4n) is 6.08. The highest BCUT2D eigenvalue weighted by Crippen LogP contribution is 2.29. The van der Waals surface area contributed by atoms with Crippen LogP contribution in [0.5, 0.6) is 0 Å². The molecule has 1 heterocycles. The number of ether oxygens (including phenoxy) is 1. The van der Waals surface area contributed by atoms with Crippen LogP contribution in [0.4, 0.5) is 0 Å². The van der Waals surface area contributed by atoms with Crippen LogP contribution in [0.15, 0.2) is 42.6 Å². The fourth-order valence-corrected chi connectivity index (χ4v) is 6.27. The minimum Gasteiger partial charge on any atom is -0.383 e. The van der Waals surface area contributed by atoms with Gasteiger partial charge in [0.05, 0.1) is 19.7 Å². The van der Waals surface area contributed by atoms with Gasteiger partial charge in [-0.1, -0.05) is 74.7 Å². The minimum atomic E-state index is 0.0349. The fraction of sp³-hybridized carbons (Fsp3) is 0.613. The average Bonchev–Trinajstić information content (AvgIpc) is 3.62. The molecule has 1 aromatic heterocycles. The topological polar surface area (TPSA) is 54.8 Å². The number of methoxy groups -OCH3 is 1. The molecule has 0 unspecified atom stereocenters. The number of carbonyl (C=O) groups excluding carboxylic acids is 2. The van der Waals surface area contributed by atoms with Crippen LogP contribution in [0.25, 0.3) is 0 Å². The number of benzene rings is 1. The van der Waals surface area contributed by atoms with E-state index in [9.17, 15) is 9.59 Å². The zero-order valence-corrected chi connectivity index (χ0v) is 23.7. The molecule has 1 aromatic carbocycles. The summed E-state index contributed by atoms with van der Waals surface area (Å²) in [4.78, 5) is 30.9. The molecular formula is C31H44ClN3O3. The van der Waals surface area contributed by atoms with Gasteiger partial charge in [-0.15, -0.1) is 0 Å². The van der Waals surface area contributed by atoms with Crippen molar-refractivity contribution in [2.75, 3.05) is 26.8 Å². The Morgan fingerprint density at radius 3 is 2.45 bits per heavy atom. The molecule has 2 aliphatic carbocycles. The van der Waals surface area contributed by atoms with Gasteiger partial charge in [0.2, 0.25) is 11.8 Å². The van der Waals surface area contributed by atoms with Crippen LogP contribution in [-0.4, -0.2) is 59.0 Å². The Labute approximate surface area is 233 Å². The maximum Gasteiger partial charge on any atom is 0.242 e. The smallest absolute Gasteiger partial charge is 0.242 e. The molecule has 0 atom stereocenters. The first kappa shape index (κ1) is 28.7. The summed E-state index contributed by atoms with van der Waals surface area (Å²) in [6, 6.07) is 12.2. The molecule has 38 heavy (non-hydrogen) atoms. The molecule has 6 nitrogen and oxygen atoms in total. The number of aromatic nitrogens is 1. The predicted molar refractivity (Wildman–Crippen MR) is 152 cm³/mol. The Hall–Kier alpha value is -2.31. The van der Waals surface area contributed by atoms with Crippen molar-refractivity contribution in [3.63, 3.8) is 0 Å². The maximum atomic E-state index is 13.9.